The first-order valence-corrected chi connectivity index (χ1v) is 6.68. The normalized spacial score (nSPS) is 10.1. The van der Waals surface area contributed by atoms with Gasteiger partial charge in [0.1, 0.15) is 0 Å². The molecular formula is C16H19N3O. The van der Waals surface area contributed by atoms with Gasteiger partial charge in [-0.2, -0.15) is 0 Å². The van der Waals surface area contributed by atoms with Gasteiger partial charge in [-0.15, -0.1) is 0 Å². The van der Waals surface area contributed by atoms with Crippen molar-refractivity contribution in [1.82, 2.24) is 0 Å². The summed E-state index contributed by atoms with van der Waals surface area (Å²) in [6, 6.07) is 15.0. The van der Waals surface area contributed by atoms with Gasteiger partial charge in [0, 0.05) is 17.9 Å². The van der Waals surface area contributed by atoms with E-state index in [1.54, 1.807) is 0 Å². The van der Waals surface area contributed by atoms with Crippen LogP contribution in [0.2, 0.25) is 0 Å². The number of anilines is 2. The Morgan fingerprint density at radius 3 is 2.40 bits per heavy atom. The van der Waals surface area contributed by atoms with Gasteiger partial charge in [-0.05, 0) is 35.7 Å². The van der Waals surface area contributed by atoms with Crippen LogP contribution in [0, 0.1) is 0 Å². The molecule has 4 nitrogen and oxygen atoms in total. The standard InChI is InChI=1S/C16H19N3O/c1-2-13-5-3-4-6-15(13)19-16(20)18-14-9-7-12(11-17)8-10-14/h3-10H,2,11,17H2,1H3,(H2,18,19,20). The number of carbonyl (C=O) groups excluding carboxylic acids is 1. The van der Waals surface area contributed by atoms with Gasteiger partial charge in [-0.1, -0.05) is 37.3 Å². The average Bonchev–Trinajstić information content (AvgIpc) is 2.48. The highest BCUT2D eigenvalue weighted by Crippen LogP contribution is 2.16. The van der Waals surface area contributed by atoms with Gasteiger partial charge >= 0.3 is 6.03 Å². The number of aryl methyl sites for hydroxylation is 1. The molecule has 0 heterocycles. The van der Waals surface area contributed by atoms with Crippen LogP contribution in [0.5, 0.6) is 0 Å². The average molecular weight is 269 g/mol. The first-order chi connectivity index (χ1) is 9.72. The first-order valence-electron chi connectivity index (χ1n) is 6.68. The summed E-state index contributed by atoms with van der Waals surface area (Å²) in [5.74, 6) is 0. The Labute approximate surface area is 119 Å². The van der Waals surface area contributed by atoms with Crippen LogP contribution in [-0.2, 0) is 13.0 Å². The van der Waals surface area contributed by atoms with Crippen LogP contribution in [0.3, 0.4) is 0 Å². The van der Waals surface area contributed by atoms with Crippen LogP contribution in [0.15, 0.2) is 48.5 Å². The number of hydrogen-bond donors (Lipinski definition) is 3. The highest BCUT2D eigenvalue weighted by atomic mass is 16.2. The fourth-order valence-corrected chi connectivity index (χ4v) is 1.96. The monoisotopic (exact) mass is 269 g/mol. The first kappa shape index (κ1) is 14.1. The minimum atomic E-state index is -0.244. The summed E-state index contributed by atoms with van der Waals surface area (Å²) in [4.78, 5) is 12.0. The number of hydrogen-bond acceptors (Lipinski definition) is 2. The Bertz CT molecular complexity index is 579. The molecule has 0 bridgehead atoms. The fraction of sp³-hybridized carbons (Fsp3) is 0.188. The molecule has 0 spiro atoms. The second kappa shape index (κ2) is 6.73. The fourth-order valence-electron chi connectivity index (χ4n) is 1.96. The molecule has 0 aromatic heterocycles. The maximum absolute atomic E-state index is 12.0. The van der Waals surface area contributed by atoms with Crippen molar-refractivity contribution in [3.05, 3.63) is 59.7 Å². The van der Waals surface area contributed by atoms with Gasteiger partial charge in [0.05, 0.1) is 0 Å². The predicted molar refractivity (Wildman–Crippen MR) is 82.8 cm³/mol. The van der Waals surface area contributed by atoms with Crippen molar-refractivity contribution in [3.8, 4) is 0 Å². The van der Waals surface area contributed by atoms with Crippen molar-refractivity contribution in [3.63, 3.8) is 0 Å². The number of rotatable bonds is 4. The zero-order chi connectivity index (χ0) is 14.4. The van der Waals surface area contributed by atoms with E-state index >= 15 is 0 Å². The van der Waals surface area contributed by atoms with Gasteiger partial charge in [-0.3, -0.25) is 0 Å². The van der Waals surface area contributed by atoms with E-state index in [0.29, 0.717) is 6.54 Å². The molecule has 0 aliphatic carbocycles. The number of nitrogens with two attached hydrogens (primary N) is 1. The third-order valence-electron chi connectivity index (χ3n) is 3.09. The molecule has 2 aromatic carbocycles. The molecule has 0 unspecified atom stereocenters. The van der Waals surface area contributed by atoms with Crippen molar-refractivity contribution in [1.29, 1.82) is 0 Å². The van der Waals surface area contributed by atoms with E-state index in [0.717, 1.165) is 28.9 Å². The van der Waals surface area contributed by atoms with Crippen molar-refractivity contribution in [2.24, 2.45) is 5.73 Å². The second-order valence-corrected chi connectivity index (χ2v) is 4.49. The smallest absolute Gasteiger partial charge is 0.323 e. The molecule has 0 saturated carbocycles. The Hall–Kier alpha value is -2.33. The molecule has 0 radical (unpaired) electrons. The summed E-state index contributed by atoms with van der Waals surface area (Å²) in [6.07, 6.45) is 0.877. The minimum absolute atomic E-state index is 0.244. The predicted octanol–water partition coefficient (Wildman–Crippen LogP) is 3.35. The third kappa shape index (κ3) is 3.59. The van der Waals surface area contributed by atoms with E-state index < -0.39 is 0 Å². The molecule has 0 atom stereocenters. The number of amides is 2. The SMILES string of the molecule is CCc1ccccc1NC(=O)Nc1ccc(CN)cc1. The van der Waals surface area contributed by atoms with Crippen LogP contribution in [0.25, 0.3) is 0 Å². The molecule has 0 fully saturated rings. The number of benzene rings is 2. The lowest BCUT2D eigenvalue weighted by atomic mass is 10.1. The number of para-hydroxylation sites is 1. The van der Waals surface area contributed by atoms with E-state index in [1.165, 1.54) is 0 Å². The van der Waals surface area contributed by atoms with Crippen molar-refractivity contribution >= 4 is 17.4 Å². The third-order valence-corrected chi connectivity index (χ3v) is 3.09. The molecule has 0 aliphatic heterocycles. The summed E-state index contributed by atoms with van der Waals surface area (Å²) in [6.45, 7) is 2.56. The molecule has 4 N–H and O–H groups in total. The number of urea groups is 1. The van der Waals surface area contributed by atoms with E-state index in [-0.39, 0.29) is 6.03 Å². The van der Waals surface area contributed by atoms with Crippen LogP contribution >= 0.6 is 0 Å². The highest BCUT2D eigenvalue weighted by Gasteiger charge is 2.05. The van der Waals surface area contributed by atoms with Gasteiger partial charge in [-0.25, -0.2) is 4.79 Å². The maximum Gasteiger partial charge on any atom is 0.323 e. The van der Waals surface area contributed by atoms with Crippen LogP contribution < -0.4 is 16.4 Å². The van der Waals surface area contributed by atoms with Crippen LogP contribution in [0.4, 0.5) is 16.2 Å². The molecule has 2 aromatic rings. The lowest BCUT2D eigenvalue weighted by Gasteiger charge is -2.11. The largest absolute Gasteiger partial charge is 0.326 e. The maximum atomic E-state index is 12.0. The van der Waals surface area contributed by atoms with Crippen molar-refractivity contribution < 1.29 is 4.79 Å². The summed E-state index contributed by atoms with van der Waals surface area (Å²) < 4.78 is 0. The highest BCUT2D eigenvalue weighted by molar-refractivity contribution is 6.00. The Balaban J connectivity index is 2.01. The molecule has 4 heteroatoms. The van der Waals surface area contributed by atoms with E-state index in [1.807, 2.05) is 48.5 Å². The van der Waals surface area contributed by atoms with E-state index in [4.69, 9.17) is 5.73 Å². The summed E-state index contributed by atoms with van der Waals surface area (Å²) in [5.41, 5.74) is 9.27. The summed E-state index contributed by atoms with van der Waals surface area (Å²) in [5, 5.41) is 5.67. The van der Waals surface area contributed by atoms with Crippen LogP contribution in [-0.4, -0.2) is 6.03 Å². The molecule has 20 heavy (non-hydrogen) atoms. The zero-order valence-corrected chi connectivity index (χ0v) is 11.5. The lowest BCUT2D eigenvalue weighted by molar-refractivity contribution is 0.262. The van der Waals surface area contributed by atoms with Crippen molar-refractivity contribution in [2.45, 2.75) is 19.9 Å². The molecule has 0 aliphatic rings. The molecule has 0 saturated heterocycles. The molecular weight excluding hydrogens is 250 g/mol. The second-order valence-electron chi connectivity index (χ2n) is 4.49. The molecule has 104 valence electrons. The van der Waals surface area contributed by atoms with E-state index in [2.05, 4.69) is 17.6 Å². The Morgan fingerprint density at radius 2 is 1.75 bits per heavy atom. The van der Waals surface area contributed by atoms with Crippen LogP contribution in [0.1, 0.15) is 18.1 Å². The van der Waals surface area contributed by atoms with Gasteiger partial charge in [0.15, 0.2) is 0 Å². The molecule has 2 amide bonds. The lowest BCUT2D eigenvalue weighted by Crippen LogP contribution is -2.20. The quantitative estimate of drug-likeness (QED) is 0.796. The zero-order valence-electron chi connectivity index (χ0n) is 11.5. The Morgan fingerprint density at radius 1 is 1.05 bits per heavy atom. The Kier molecular flexibility index (Phi) is 4.74. The molecule has 2 rings (SSSR count). The van der Waals surface area contributed by atoms with Gasteiger partial charge in [0.25, 0.3) is 0 Å². The summed E-state index contributed by atoms with van der Waals surface area (Å²) >= 11 is 0. The summed E-state index contributed by atoms with van der Waals surface area (Å²) in [7, 11) is 0. The van der Waals surface area contributed by atoms with Gasteiger partial charge < -0.3 is 16.4 Å². The van der Waals surface area contributed by atoms with E-state index in [9.17, 15) is 4.79 Å². The van der Waals surface area contributed by atoms with Crippen molar-refractivity contribution in [2.75, 3.05) is 10.6 Å². The number of carbonyl (C=O) groups is 1. The van der Waals surface area contributed by atoms with Gasteiger partial charge in [0.2, 0.25) is 0 Å². The minimum Gasteiger partial charge on any atom is -0.326 e. The topological polar surface area (TPSA) is 67.2 Å². The number of nitrogens with one attached hydrogen (secondary N) is 2.